The fraction of sp³-hybridized carbons (Fsp3) is 0.273. The number of hydrogen-bond acceptors (Lipinski definition) is 6. The predicted octanol–water partition coefficient (Wildman–Crippen LogP) is 4.73. The van der Waals surface area contributed by atoms with Crippen LogP contribution in [0.4, 0.5) is 11.4 Å². The molecule has 5 rings (SSSR count). The Morgan fingerprint density at radius 2 is 1.58 bits per heavy atom. The maximum atomic E-state index is 13.9. The molecule has 4 aromatic rings. The number of piperazine rings is 1. The largest absolute Gasteiger partial charge is 0.451 e. The predicted molar refractivity (Wildman–Crippen MR) is 168 cm³/mol. The summed E-state index contributed by atoms with van der Waals surface area (Å²) >= 11 is 6.06. The molecule has 1 aromatic heterocycles. The molecule has 2 N–H and O–H groups in total. The summed E-state index contributed by atoms with van der Waals surface area (Å²) in [6.07, 6.45) is 0.226. The molecule has 1 atom stereocenters. The van der Waals surface area contributed by atoms with Crippen molar-refractivity contribution < 1.29 is 18.8 Å². The summed E-state index contributed by atoms with van der Waals surface area (Å²) in [6, 6.07) is 21.6. The van der Waals surface area contributed by atoms with Crippen molar-refractivity contribution in [3.05, 3.63) is 105 Å². The number of benzene rings is 3. The monoisotopic (exact) mass is 600 g/mol. The first kappa shape index (κ1) is 29.8. The number of carbonyl (C=O) groups excluding carboxylic acids is 3. The zero-order valence-electron chi connectivity index (χ0n) is 24.0. The normalized spacial score (nSPS) is 14.0. The Balaban J connectivity index is 1.33. The Morgan fingerprint density at radius 3 is 2.30 bits per heavy atom. The Bertz CT molecular complexity index is 1690. The van der Waals surface area contributed by atoms with Gasteiger partial charge in [-0.25, -0.2) is 0 Å². The molecule has 43 heavy (non-hydrogen) atoms. The summed E-state index contributed by atoms with van der Waals surface area (Å²) in [6.45, 7) is 5.61. The van der Waals surface area contributed by atoms with E-state index in [0.29, 0.717) is 42.2 Å². The third-order valence-corrected chi connectivity index (χ3v) is 7.69. The summed E-state index contributed by atoms with van der Waals surface area (Å²) in [4.78, 5) is 56.0. The molecule has 0 spiro atoms. The molecule has 0 bridgehead atoms. The average Bonchev–Trinajstić information content (AvgIpc) is 3.01. The first-order valence-corrected chi connectivity index (χ1v) is 14.6. The minimum absolute atomic E-state index is 0.0655. The number of carbonyl (C=O) groups is 3. The van der Waals surface area contributed by atoms with Crippen LogP contribution in [0, 0.1) is 5.92 Å². The van der Waals surface area contributed by atoms with Gasteiger partial charge in [0.15, 0.2) is 11.2 Å². The number of halogens is 1. The summed E-state index contributed by atoms with van der Waals surface area (Å²) in [5.41, 5.74) is 2.39. The molecule has 1 aliphatic rings. The van der Waals surface area contributed by atoms with E-state index in [1.54, 1.807) is 41.3 Å². The zero-order valence-corrected chi connectivity index (χ0v) is 24.8. The highest BCUT2D eigenvalue weighted by atomic mass is 35.5. The highest BCUT2D eigenvalue weighted by molar-refractivity contribution is 6.30. The Morgan fingerprint density at radius 1 is 0.907 bits per heavy atom. The van der Waals surface area contributed by atoms with Gasteiger partial charge in [-0.2, -0.15) is 0 Å². The summed E-state index contributed by atoms with van der Waals surface area (Å²) in [5.74, 6) is -1.28. The minimum atomic E-state index is -0.908. The maximum Gasteiger partial charge on any atom is 0.287 e. The summed E-state index contributed by atoms with van der Waals surface area (Å²) in [5, 5.41) is 6.74. The van der Waals surface area contributed by atoms with E-state index in [9.17, 15) is 19.2 Å². The van der Waals surface area contributed by atoms with Gasteiger partial charge in [0.2, 0.25) is 11.8 Å². The van der Waals surface area contributed by atoms with E-state index in [1.807, 2.05) is 50.2 Å². The molecule has 0 radical (unpaired) electrons. The average molecular weight is 601 g/mol. The zero-order chi connectivity index (χ0) is 30.5. The number of para-hydroxylation sites is 3. The van der Waals surface area contributed by atoms with Crippen LogP contribution in [0.25, 0.3) is 11.0 Å². The third kappa shape index (κ3) is 7.06. The second-order valence-electron chi connectivity index (χ2n) is 10.8. The minimum Gasteiger partial charge on any atom is -0.451 e. The van der Waals surface area contributed by atoms with Crippen LogP contribution in [0.1, 0.15) is 30.0 Å². The van der Waals surface area contributed by atoms with Gasteiger partial charge in [0.1, 0.15) is 11.6 Å². The van der Waals surface area contributed by atoms with E-state index in [-0.39, 0.29) is 35.3 Å². The van der Waals surface area contributed by atoms with Crippen LogP contribution in [-0.4, -0.2) is 54.8 Å². The second-order valence-corrected chi connectivity index (χ2v) is 11.2. The first-order chi connectivity index (χ1) is 20.7. The molecule has 0 saturated carbocycles. The number of hydrogen-bond donors (Lipinski definition) is 2. The SMILES string of the molecule is CC(C)C(=O)Nc1ccccc1N1CCN(C(=O)[C@H](Cc2ccc(Cl)cc2)NC(=O)c2cc(=O)c3ccccc3o2)CC1. The van der Waals surface area contributed by atoms with E-state index in [2.05, 4.69) is 15.5 Å². The lowest BCUT2D eigenvalue weighted by atomic mass is 10.0. The van der Waals surface area contributed by atoms with E-state index < -0.39 is 11.9 Å². The van der Waals surface area contributed by atoms with Crippen LogP contribution in [0.2, 0.25) is 5.02 Å². The first-order valence-electron chi connectivity index (χ1n) is 14.2. The molecule has 3 amide bonds. The highest BCUT2D eigenvalue weighted by Crippen LogP contribution is 2.27. The fourth-order valence-electron chi connectivity index (χ4n) is 5.02. The van der Waals surface area contributed by atoms with Gasteiger partial charge in [-0.1, -0.05) is 61.8 Å². The van der Waals surface area contributed by atoms with Crippen LogP contribution in [0.5, 0.6) is 0 Å². The van der Waals surface area contributed by atoms with Crippen molar-refractivity contribution in [2.24, 2.45) is 5.92 Å². The van der Waals surface area contributed by atoms with Gasteiger partial charge in [-0.15, -0.1) is 0 Å². The second kappa shape index (κ2) is 13.1. The Labute approximate surface area is 254 Å². The van der Waals surface area contributed by atoms with Crippen molar-refractivity contribution in [1.82, 2.24) is 10.2 Å². The van der Waals surface area contributed by atoms with E-state index in [0.717, 1.165) is 23.0 Å². The lowest BCUT2D eigenvalue weighted by Crippen LogP contribution is -2.55. The fourth-order valence-corrected chi connectivity index (χ4v) is 5.15. The van der Waals surface area contributed by atoms with Crippen LogP contribution >= 0.6 is 11.6 Å². The van der Waals surface area contributed by atoms with Gasteiger partial charge in [0, 0.05) is 49.6 Å². The van der Waals surface area contributed by atoms with Crippen molar-refractivity contribution in [3.8, 4) is 0 Å². The molecule has 222 valence electrons. The molecule has 10 heteroatoms. The van der Waals surface area contributed by atoms with Gasteiger partial charge in [-0.3, -0.25) is 19.2 Å². The topological polar surface area (TPSA) is 112 Å². The van der Waals surface area contributed by atoms with Gasteiger partial charge < -0.3 is 24.9 Å². The molecule has 2 heterocycles. The smallest absolute Gasteiger partial charge is 0.287 e. The van der Waals surface area contributed by atoms with Gasteiger partial charge in [-0.05, 0) is 42.0 Å². The van der Waals surface area contributed by atoms with E-state index >= 15 is 0 Å². The van der Waals surface area contributed by atoms with Crippen LogP contribution in [0.3, 0.4) is 0 Å². The number of anilines is 2. The van der Waals surface area contributed by atoms with Gasteiger partial charge in [0.25, 0.3) is 5.91 Å². The van der Waals surface area contributed by atoms with Crippen molar-refractivity contribution in [1.29, 1.82) is 0 Å². The number of amides is 3. The highest BCUT2D eigenvalue weighted by Gasteiger charge is 2.30. The molecule has 1 aliphatic heterocycles. The number of rotatable bonds is 8. The van der Waals surface area contributed by atoms with Crippen LogP contribution in [0.15, 0.2) is 88.1 Å². The number of fused-ring (bicyclic) bond motifs is 1. The summed E-state index contributed by atoms with van der Waals surface area (Å²) < 4.78 is 5.72. The van der Waals surface area contributed by atoms with Crippen molar-refractivity contribution in [3.63, 3.8) is 0 Å². The molecule has 9 nitrogen and oxygen atoms in total. The van der Waals surface area contributed by atoms with Crippen molar-refractivity contribution >= 4 is 51.7 Å². The Kier molecular flexibility index (Phi) is 9.11. The molecular formula is C33H33ClN4O5. The molecule has 1 saturated heterocycles. The van der Waals surface area contributed by atoms with Crippen LogP contribution < -0.4 is 21.0 Å². The lowest BCUT2D eigenvalue weighted by Gasteiger charge is -2.38. The van der Waals surface area contributed by atoms with Crippen molar-refractivity contribution in [2.45, 2.75) is 26.3 Å². The van der Waals surface area contributed by atoms with Gasteiger partial charge >= 0.3 is 0 Å². The molecule has 0 aliphatic carbocycles. The summed E-state index contributed by atoms with van der Waals surface area (Å²) in [7, 11) is 0. The van der Waals surface area contributed by atoms with E-state index in [4.69, 9.17) is 16.0 Å². The number of nitrogens with one attached hydrogen (secondary N) is 2. The van der Waals surface area contributed by atoms with Gasteiger partial charge in [0.05, 0.1) is 16.8 Å². The lowest BCUT2D eigenvalue weighted by molar-refractivity contribution is -0.133. The van der Waals surface area contributed by atoms with Crippen LogP contribution in [-0.2, 0) is 16.0 Å². The standard InChI is InChI=1S/C33H33ClN4O5/c1-21(2)31(40)35-25-8-4-5-9-27(25)37-15-17-38(18-16-37)33(42)26(19-22-11-13-23(34)14-12-22)36-32(41)30-20-28(39)24-7-3-6-10-29(24)43-30/h3-14,20-21,26H,15-19H2,1-2H3,(H,35,40)(H,36,41)/t26-/m0/s1. The molecule has 0 unspecified atom stereocenters. The Hall–Kier alpha value is -4.63. The molecule has 1 fully saturated rings. The van der Waals surface area contributed by atoms with E-state index in [1.165, 1.54) is 0 Å². The number of nitrogens with zero attached hydrogens (tertiary/aromatic N) is 2. The maximum absolute atomic E-state index is 13.9. The quantitative estimate of drug-likeness (QED) is 0.302. The van der Waals surface area contributed by atoms with Crippen molar-refractivity contribution in [2.75, 3.05) is 36.4 Å². The third-order valence-electron chi connectivity index (χ3n) is 7.43. The molecular weight excluding hydrogens is 568 g/mol. The molecule has 3 aromatic carbocycles.